The van der Waals surface area contributed by atoms with Gasteiger partial charge in [-0.15, -0.1) is 11.3 Å². The minimum absolute atomic E-state index is 0.0624. The first-order valence-electron chi connectivity index (χ1n) is 10.7. The number of carbonyl (C=O) groups is 1. The first-order chi connectivity index (χ1) is 14.5. The third-order valence-electron chi connectivity index (χ3n) is 5.83. The van der Waals surface area contributed by atoms with E-state index in [4.69, 9.17) is 4.74 Å². The molecule has 0 radical (unpaired) electrons. The third-order valence-corrected chi connectivity index (χ3v) is 7.14. The molecule has 158 valence electrons. The maximum Gasteiger partial charge on any atom is 0.194 e. The molecule has 1 aliphatic rings. The quantitative estimate of drug-likeness (QED) is 0.486. The van der Waals surface area contributed by atoms with Crippen molar-refractivity contribution in [3.63, 3.8) is 0 Å². The molecule has 0 aliphatic heterocycles. The van der Waals surface area contributed by atoms with Crippen LogP contribution in [0.3, 0.4) is 0 Å². The molecule has 5 heteroatoms. The second-order valence-corrected chi connectivity index (χ2v) is 9.45. The molecule has 1 fully saturated rings. The summed E-state index contributed by atoms with van der Waals surface area (Å²) in [6.07, 6.45) is 5.99. The number of phenolic OH excluding ortho intramolecular Hbond substituents is 1. The molecular weight excluding hydrogens is 394 g/mol. The fourth-order valence-electron chi connectivity index (χ4n) is 4.18. The monoisotopic (exact) mass is 423 g/mol. The van der Waals surface area contributed by atoms with E-state index in [1.165, 1.54) is 24.1 Å². The van der Waals surface area contributed by atoms with E-state index in [0.29, 0.717) is 18.1 Å². The van der Waals surface area contributed by atoms with Gasteiger partial charge in [0.2, 0.25) is 0 Å². The van der Waals surface area contributed by atoms with Crippen LogP contribution in [0.1, 0.15) is 58.8 Å². The zero-order chi connectivity index (χ0) is 21.1. The summed E-state index contributed by atoms with van der Waals surface area (Å²) in [6, 6.07) is 12.8. The highest BCUT2D eigenvalue weighted by molar-refractivity contribution is 7.19. The van der Waals surface area contributed by atoms with Crippen LogP contribution >= 0.6 is 11.3 Å². The topological polar surface area (TPSA) is 49.8 Å². The Morgan fingerprint density at radius 3 is 2.53 bits per heavy atom. The van der Waals surface area contributed by atoms with E-state index >= 15 is 0 Å². The Hall–Kier alpha value is -2.37. The number of likely N-dealkylation sites (N-methyl/N-ethyl adjacent to an activating group) is 1. The number of hydrogen-bond acceptors (Lipinski definition) is 5. The van der Waals surface area contributed by atoms with Crippen molar-refractivity contribution in [2.24, 2.45) is 0 Å². The van der Waals surface area contributed by atoms with Crippen molar-refractivity contribution in [3.8, 4) is 11.5 Å². The van der Waals surface area contributed by atoms with Crippen LogP contribution in [0.4, 0.5) is 0 Å². The van der Waals surface area contributed by atoms with Gasteiger partial charge in [-0.25, -0.2) is 0 Å². The molecule has 1 aliphatic carbocycles. The molecule has 0 saturated heterocycles. The predicted octanol–water partition coefficient (Wildman–Crippen LogP) is 5.83. The Labute approximate surface area is 182 Å². The first kappa shape index (κ1) is 20.9. The highest BCUT2D eigenvalue weighted by atomic mass is 32.1. The van der Waals surface area contributed by atoms with E-state index in [0.717, 1.165) is 40.8 Å². The molecule has 0 bridgehead atoms. The summed E-state index contributed by atoms with van der Waals surface area (Å²) in [4.78, 5) is 16.8. The molecule has 30 heavy (non-hydrogen) atoms. The maximum atomic E-state index is 13.6. The van der Waals surface area contributed by atoms with E-state index < -0.39 is 0 Å². The van der Waals surface area contributed by atoms with Crippen molar-refractivity contribution >= 4 is 27.2 Å². The van der Waals surface area contributed by atoms with Crippen molar-refractivity contribution in [1.29, 1.82) is 0 Å². The van der Waals surface area contributed by atoms with Crippen LogP contribution in [-0.4, -0.2) is 43.0 Å². The lowest BCUT2D eigenvalue weighted by atomic mass is 9.85. The summed E-state index contributed by atoms with van der Waals surface area (Å²) in [7, 11) is 4.03. The van der Waals surface area contributed by atoms with Crippen molar-refractivity contribution in [2.75, 3.05) is 27.2 Å². The summed E-state index contributed by atoms with van der Waals surface area (Å²) in [5.41, 5.74) is 1.50. The Morgan fingerprint density at radius 2 is 1.83 bits per heavy atom. The number of phenols is 1. The largest absolute Gasteiger partial charge is 0.508 e. The van der Waals surface area contributed by atoms with Crippen molar-refractivity contribution in [2.45, 2.75) is 38.0 Å². The second kappa shape index (κ2) is 9.19. The van der Waals surface area contributed by atoms with Crippen LogP contribution in [0.15, 0.2) is 42.5 Å². The highest BCUT2D eigenvalue weighted by Gasteiger charge is 2.27. The van der Waals surface area contributed by atoms with Crippen LogP contribution in [0.25, 0.3) is 10.1 Å². The molecular formula is C25H29NO3S. The maximum absolute atomic E-state index is 13.6. The van der Waals surface area contributed by atoms with Crippen LogP contribution in [0, 0.1) is 0 Å². The fourth-order valence-corrected chi connectivity index (χ4v) is 5.59. The summed E-state index contributed by atoms with van der Waals surface area (Å²) in [6.45, 7) is 1.46. The second-order valence-electron chi connectivity index (χ2n) is 8.36. The standard InChI is InChI=1S/C25H29NO3S/c1-26(2)14-15-29-20-11-8-17(9-12-20)24(28)23-21-13-10-19(27)16-22(21)30-25(23)18-6-4-3-5-7-18/h8-13,16,18,27H,3-7,14-15H2,1-2H3. The smallest absolute Gasteiger partial charge is 0.194 e. The zero-order valence-electron chi connectivity index (χ0n) is 17.7. The number of fused-ring (bicyclic) bond motifs is 1. The molecule has 1 heterocycles. The van der Waals surface area contributed by atoms with Gasteiger partial charge in [0.1, 0.15) is 18.1 Å². The lowest BCUT2D eigenvalue weighted by molar-refractivity contribution is 0.103. The number of rotatable bonds is 7. The number of benzene rings is 2. The lowest BCUT2D eigenvalue weighted by Gasteiger charge is -2.21. The van der Waals surface area contributed by atoms with Crippen LogP contribution in [0.2, 0.25) is 0 Å². The lowest BCUT2D eigenvalue weighted by Crippen LogP contribution is -2.19. The van der Waals surface area contributed by atoms with Gasteiger partial charge in [-0.1, -0.05) is 19.3 Å². The van der Waals surface area contributed by atoms with Gasteiger partial charge in [0.25, 0.3) is 0 Å². The Balaban J connectivity index is 1.65. The van der Waals surface area contributed by atoms with Crippen LogP contribution in [-0.2, 0) is 0 Å². The van der Waals surface area contributed by atoms with Crippen molar-refractivity contribution < 1.29 is 14.6 Å². The van der Waals surface area contributed by atoms with E-state index in [1.54, 1.807) is 23.5 Å². The van der Waals surface area contributed by atoms with E-state index in [2.05, 4.69) is 4.90 Å². The molecule has 0 atom stereocenters. The average molecular weight is 424 g/mol. The Bertz CT molecular complexity index is 1020. The van der Waals surface area contributed by atoms with Gasteiger partial charge in [-0.05, 0) is 75.3 Å². The van der Waals surface area contributed by atoms with Crippen molar-refractivity contribution in [1.82, 2.24) is 4.90 Å². The number of aromatic hydroxyl groups is 1. The minimum Gasteiger partial charge on any atom is -0.508 e. The Morgan fingerprint density at radius 1 is 1.10 bits per heavy atom. The summed E-state index contributed by atoms with van der Waals surface area (Å²) >= 11 is 1.67. The molecule has 0 unspecified atom stereocenters. The fraction of sp³-hybridized carbons (Fsp3) is 0.400. The Kier molecular flexibility index (Phi) is 6.40. The van der Waals surface area contributed by atoms with Gasteiger partial charge in [0.15, 0.2) is 5.78 Å². The number of carbonyl (C=O) groups excluding carboxylic acids is 1. The summed E-state index contributed by atoms with van der Waals surface area (Å²) in [5, 5.41) is 10.9. The molecule has 1 aromatic heterocycles. The SMILES string of the molecule is CN(C)CCOc1ccc(C(=O)c2c(C3CCCCC3)sc3cc(O)ccc23)cc1. The van der Waals surface area contributed by atoms with Crippen LogP contribution < -0.4 is 4.74 Å². The van der Waals surface area contributed by atoms with Crippen LogP contribution in [0.5, 0.6) is 11.5 Å². The molecule has 2 aromatic carbocycles. The zero-order valence-corrected chi connectivity index (χ0v) is 18.5. The molecule has 0 spiro atoms. The number of thiophene rings is 1. The van der Waals surface area contributed by atoms with Gasteiger partial charge in [-0.3, -0.25) is 4.79 Å². The van der Waals surface area contributed by atoms with E-state index in [-0.39, 0.29) is 11.5 Å². The molecule has 3 aromatic rings. The van der Waals surface area contributed by atoms with Gasteiger partial charge < -0.3 is 14.7 Å². The summed E-state index contributed by atoms with van der Waals surface area (Å²) in [5.74, 6) is 1.52. The summed E-state index contributed by atoms with van der Waals surface area (Å²) < 4.78 is 6.75. The third kappa shape index (κ3) is 4.52. The van der Waals surface area contributed by atoms with Gasteiger partial charge in [-0.2, -0.15) is 0 Å². The number of nitrogens with zero attached hydrogens (tertiary/aromatic N) is 1. The minimum atomic E-state index is 0.0624. The average Bonchev–Trinajstić information content (AvgIpc) is 3.12. The molecule has 1 saturated carbocycles. The van der Waals surface area contributed by atoms with Crippen molar-refractivity contribution in [3.05, 3.63) is 58.5 Å². The molecule has 4 rings (SSSR count). The first-order valence-corrected chi connectivity index (χ1v) is 11.5. The van der Waals surface area contributed by atoms with E-state index in [9.17, 15) is 9.90 Å². The highest BCUT2D eigenvalue weighted by Crippen LogP contribution is 2.44. The molecule has 0 amide bonds. The van der Waals surface area contributed by atoms with E-state index in [1.807, 2.05) is 44.4 Å². The number of ether oxygens (including phenoxy) is 1. The number of ketones is 1. The molecule has 1 N–H and O–H groups in total. The predicted molar refractivity (Wildman–Crippen MR) is 123 cm³/mol. The molecule has 4 nitrogen and oxygen atoms in total. The van der Waals surface area contributed by atoms with Gasteiger partial charge >= 0.3 is 0 Å². The normalized spacial score (nSPS) is 15.0. The van der Waals surface area contributed by atoms with Gasteiger partial charge in [0, 0.05) is 32.6 Å². The van der Waals surface area contributed by atoms with Gasteiger partial charge in [0.05, 0.1) is 0 Å². The number of hydrogen-bond donors (Lipinski definition) is 1.